The minimum Gasteiger partial charge on any atom is -0.496 e. The molecular formula is C24H25N3O2. The standard InChI is InChI=1S/C24H25N3O2/c1-29-22-5-3-2-4-19(22)17-10-12-27(13-11-17)24-20-14-16(15-28)6-9-21(20)25-23(26-24)18-7-8-18/h2-6,9,14-15,17-18H,7-8,10-13H2,1H3. The maximum Gasteiger partial charge on any atom is 0.150 e. The minimum absolute atomic E-state index is 0.490. The van der Waals surface area contributed by atoms with E-state index in [1.807, 2.05) is 30.3 Å². The number of anilines is 1. The maximum absolute atomic E-state index is 11.3. The smallest absolute Gasteiger partial charge is 0.150 e. The molecule has 1 aromatic heterocycles. The van der Waals surface area contributed by atoms with Crippen LogP contribution in [0.2, 0.25) is 0 Å². The first-order valence-electron chi connectivity index (χ1n) is 10.4. The van der Waals surface area contributed by atoms with Gasteiger partial charge >= 0.3 is 0 Å². The molecule has 1 aliphatic carbocycles. The first-order valence-corrected chi connectivity index (χ1v) is 10.4. The number of para-hydroxylation sites is 1. The van der Waals surface area contributed by atoms with E-state index >= 15 is 0 Å². The molecule has 0 bridgehead atoms. The molecule has 0 unspecified atom stereocenters. The van der Waals surface area contributed by atoms with Crippen molar-refractivity contribution in [2.45, 2.75) is 37.5 Å². The van der Waals surface area contributed by atoms with E-state index in [1.165, 1.54) is 18.4 Å². The summed E-state index contributed by atoms with van der Waals surface area (Å²) < 4.78 is 5.57. The SMILES string of the molecule is COc1ccccc1C1CCN(c2nc(C3CC3)nc3ccc(C=O)cc23)CC1. The molecule has 2 aromatic carbocycles. The summed E-state index contributed by atoms with van der Waals surface area (Å²) >= 11 is 0. The molecule has 1 saturated carbocycles. The van der Waals surface area contributed by atoms with E-state index in [-0.39, 0.29) is 0 Å². The van der Waals surface area contributed by atoms with E-state index in [2.05, 4.69) is 17.0 Å². The molecule has 2 fully saturated rings. The zero-order valence-electron chi connectivity index (χ0n) is 16.7. The van der Waals surface area contributed by atoms with Gasteiger partial charge in [-0.15, -0.1) is 0 Å². The quantitative estimate of drug-likeness (QED) is 0.593. The van der Waals surface area contributed by atoms with Crippen LogP contribution in [0.1, 0.15) is 59.3 Å². The first kappa shape index (κ1) is 18.1. The molecule has 1 aliphatic heterocycles. The highest BCUT2D eigenvalue weighted by molar-refractivity contribution is 5.94. The van der Waals surface area contributed by atoms with Crippen LogP contribution >= 0.6 is 0 Å². The molecule has 29 heavy (non-hydrogen) atoms. The van der Waals surface area contributed by atoms with Gasteiger partial charge in [-0.2, -0.15) is 0 Å². The number of carbonyl (C=O) groups excluding carboxylic acids is 1. The van der Waals surface area contributed by atoms with Crippen molar-refractivity contribution in [2.75, 3.05) is 25.1 Å². The number of hydrogen-bond acceptors (Lipinski definition) is 5. The molecule has 0 N–H and O–H groups in total. The molecular weight excluding hydrogens is 362 g/mol. The van der Waals surface area contributed by atoms with E-state index in [4.69, 9.17) is 14.7 Å². The number of aldehydes is 1. The summed E-state index contributed by atoms with van der Waals surface area (Å²) in [6.45, 7) is 1.87. The largest absolute Gasteiger partial charge is 0.496 e. The molecule has 0 radical (unpaired) electrons. The van der Waals surface area contributed by atoms with E-state index in [0.29, 0.717) is 17.4 Å². The predicted octanol–water partition coefficient (Wildman–Crippen LogP) is 4.71. The Morgan fingerprint density at radius 2 is 1.79 bits per heavy atom. The van der Waals surface area contributed by atoms with Crippen LogP contribution in [0.25, 0.3) is 10.9 Å². The van der Waals surface area contributed by atoms with Crippen LogP contribution in [-0.2, 0) is 0 Å². The summed E-state index contributed by atoms with van der Waals surface area (Å²) in [5.41, 5.74) is 2.91. The molecule has 2 heterocycles. The fraction of sp³-hybridized carbons (Fsp3) is 0.375. The van der Waals surface area contributed by atoms with Crippen LogP contribution in [0.4, 0.5) is 5.82 Å². The normalized spacial score (nSPS) is 17.5. The van der Waals surface area contributed by atoms with Crippen LogP contribution < -0.4 is 9.64 Å². The molecule has 0 spiro atoms. The maximum atomic E-state index is 11.3. The number of piperidine rings is 1. The lowest BCUT2D eigenvalue weighted by atomic mass is 9.88. The van der Waals surface area contributed by atoms with Gasteiger partial charge in [0.2, 0.25) is 0 Å². The van der Waals surface area contributed by atoms with Gasteiger partial charge in [0.1, 0.15) is 23.7 Å². The van der Waals surface area contributed by atoms with E-state index < -0.39 is 0 Å². The molecule has 1 saturated heterocycles. The minimum atomic E-state index is 0.490. The molecule has 5 nitrogen and oxygen atoms in total. The van der Waals surface area contributed by atoms with Gasteiger partial charge in [0, 0.05) is 30.0 Å². The Labute approximate surface area is 170 Å². The van der Waals surface area contributed by atoms with Crippen LogP contribution in [-0.4, -0.2) is 36.5 Å². The Morgan fingerprint density at radius 1 is 1.00 bits per heavy atom. The molecule has 148 valence electrons. The summed E-state index contributed by atoms with van der Waals surface area (Å²) in [6.07, 6.45) is 5.35. The Hall–Kier alpha value is -2.95. The van der Waals surface area contributed by atoms with E-state index in [0.717, 1.165) is 60.5 Å². The van der Waals surface area contributed by atoms with Crippen molar-refractivity contribution in [3.05, 3.63) is 59.4 Å². The zero-order valence-corrected chi connectivity index (χ0v) is 16.7. The second-order valence-corrected chi connectivity index (χ2v) is 8.08. The number of rotatable bonds is 5. The molecule has 2 aliphatic rings. The van der Waals surface area contributed by atoms with Crippen molar-refractivity contribution < 1.29 is 9.53 Å². The van der Waals surface area contributed by atoms with Crippen LogP contribution in [0, 0.1) is 0 Å². The lowest BCUT2D eigenvalue weighted by Crippen LogP contribution is -2.34. The van der Waals surface area contributed by atoms with Crippen molar-refractivity contribution in [1.29, 1.82) is 0 Å². The lowest BCUT2D eigenvalue weighted by molar-refractivity contribution is 0.112. The number of ether oxygens (including phenoxy) is 1. The Balaban J connectivity index is 1.46. The van der Waals surface area contributed by atoms with Gasteiger partial charge in [0.25, 0.3) is 0 Å². The fourth-order valence-electron chi connectivity index (χ4n) is 4.39. The molecule has 3 aromatic rings. The summed E-state index contributed by atoms with van der Waals surface area (Å²) in [7, 11) is 1.74. The number of carbonyl (C=O) groups is 1. The topological polar surface area (TPSA) is 55.3 Å². The van der Waals surface area contributed by atoms with E-state index in [9.17, 15) is 4.79 Å². The molecule has 5 rings (SSSR count). The van der Waals surface area contributed by atoms with Gasteiger partial charge in [0.15, 0.2) is 0 Å². The fourth-order valence-corrected chi connectivity index (χ4v) is 4.39. The van der Waals surface area contributed by atoms with Gasteiger partial charge in [-0.3, -0.25) is 4.79 Å². The van der Waals surface area contributed by atoms with Crippen molar-refractivity contribution in [2.24, 2.45) is 0 Å². The van der Waals surface area contributed by atoms with Gasteiger partial charge in [-0.1, -0.05) is 18.2 Å². The third-order valence-corrected chi connectivity index (χ3v) is 6.17. The van der Waals surface area contributed by atoms with Gasteiger partial charge < -0.3 is 9.64 Å². The third kappa shape index (κ3) is 3.46. The van der Waals surface area contributed by atoms with Crippen LogP contribution in [0.3, 0.4) is 0 Å². The number of benzene rings is 2. The first-order chi connectivity index (χ1) is 14.3. The Bertz CT molecular complexity index is 1050. The van der Waals surface area contributed by atoms with Gasteiger partial charge in [0.05, 0.1) is 12.6 Å². The highest BCUT2D eigenvalue weighted by atomic mass is 16.5. The zero-order chi connectivity index (χ0) is 19.8. The van der Waals surface area contributed by atoms with Crippen LogP contribution in [0.5, 0.6) is 5.75 Å². The third-order valence-electron chi connectivity index (χ3n) is 6.17. The van der Waals surface area contributed by atoms with E-state index in [1.54, 1.807) is 7.11 Å². The number of hydrogen-bond donors (Lipinski definition) is 0. The second kappa shape index (κ2) is 7.47. The predicted molar refractivity (Wildman–Crippen MR) is 114 cm³/mol. The summed E-state index contributed by atoms with van der Waals surface area (Å²) in [5.74, 6) is 3.90. The van der Waals surface area contributed by atoms with Crippen molar-refractivity contribution in [3.8, 4) is 5.75 Å². The van der Waals surface area contributed by atoms with Crippen molar-refractivity contribution >= 4 is 23.0 Å². The molecule has 0 amide bonds. The number of methoxy groups -OCH3 is 1. The average molecular weight is 387 g/mol. The Morgan fingerprint density at radius 3 is 2.52 bits per heavy atom. The number of nitrogens with zero attached hydrogens (tertiary/aromatic N) is 3. The summed E-state index contributed by atoms with van der Waals surface area (Å²) in [6, 6.07) is 14.1. The molecule has 0 atom stereocenters. The Kier molecular flexibility index (Phi) is 4.66. The van der Waals surface area contributed by atoms with Gasteiger partial charge in [-0.05, 0) is 61.4 Å². The van der Waals surface area contributed by atoms with Crippen molar-refractivity contribution in [1.82, 2.24) is 9.97 Å². The number of aromatic nitrogens is 2. The number of fused-ring (bicyclic) bond motifs is 1. The van der Waals surface area contributed by atoms with Gasteiger partial charge in [-0.25, -0.2) is 9.97 Å². The monoisotopic (exact) mass is 387 g/mol. The lowest BCUT2D eigenvalue weighted by Gasteiger charge is -2.34. The molecule has 5 heteroatoms. The van der Waals surface area contributed by atoms with Crippen molar-refractivity contribution in [3.63, 3.8) is 0 Å². The summed E-state index contributed by atoms with van der Waals surface area (Å²) in [5, 5.41) is 0.981. The highest BCUT2D eigenvalue weighted by Crippen LogP contribution is 2.41. The summed E-state index contributed by atoms with van der Waals surface area (Å²) in [4.78, 5) is 23.4. The second-order valence-electron chi connectivity index (χ2n) is 8.08. The van der Waals surface area contributed by atoms with Crippen LogP contribution in [0.15, 0.2) is 42.5 Å². The average Bonchev–Trinajstić information content (AvgIpc) is 3.63. The highest BCUT2D eigenvalue weighted by Gasteiger charge is 2.30.